The molecule has 4 aliphatic rings. The molecule has 32 heavy (non-hydrogen) atoms. The first-order chi connectivity index (χ1) is 15.6. The van der Waals surface area contributed by atoms with Crippen LogP contribution in [0.25, 0.3) is 0 Å². The van der Waals surface area contributed by atoms with Crippen molar-refractivity contribution in [3.8, 4) is 5.75 Å². The number of imide groups is 1. The molecule has 1 heterocycles. The van der Waals surface area contributed by atoms with E-state index in [1.807, 2.05) is 24.3 Å². The number of anilines is 1. The highest BCUT2D eigenvalue weighted by Crippen LogP contribution is 2.61. The number of carbonyl (C=O) groups is 3. The molecule has 1 saturated heterocycles. The minimum atomic E-state index is -0.598. The summed E-state index contributed by atoms with van der Waals surface area (Å²) in [6, 6.07) is 22.8. The van der Waals surface area contributed by atoms with E-state index in [9.17, 15) is 14.4 Å². The normalized spacial score (nSPS) is 24.6. The SMILES string of the molecule is C=CC(=O)Oc1cccc(N2C(=O)C3C4c5ccccc5C(c5ccccc54)C3C2=O)c1. The van der Waals surface area contributed by atoms with Crippen LogP contribution >= 0.6 is 0 Å². The first-order valence-corrected chi connectivity index (χ1v) is 10.6. The lowest BCUT2D eigenvalue weighted by Crippen LogP contribution is -2.41. The van der Waals surface area contributed by atoms with Gasteiger partial charge < -0.3 is 4.74 Å². The number of amides is 2. The van der Waals surface area contributed by atoms with Gasteiger partial charge in [0.15, 0.2) is 0 Å². The fourth-order valence-corrected chi connectivity index (χ4v) is 5.78. The Balaban J connectivity index is 1.47. The third-order valence-electron chi connectivity index (χ3n) is 6.91. The molecular formula is C27H19NO4. The van der Waals surface area contributed by atoms with E-state index in [1.165, 1.54) is 4.90 Å². The largest absolute Gasteiger partial charge is 0.423 e. The van der Waals surface area contributed by atoms with Crippen LogP contribution in [0.4, 0.5) is 5.69 Å². The summed E-state index contributed by atoms with van der Waals surface area (Å²) in [7, 11) is 0. The zero-order valence-electron chi connectivity index (χ0n) is 17.1. The van der Waals surface area contributed by atoms with Crippen LogP contribution < -0.4 is 9.64 Å². The average Bonchev–Trinajstić information content (AvgIpc) is 3.09. The zero-order valence-corrected chi connectivity index (χ0v) is 17.1. The molecule has 0 saturated carbocycles. The Labute approximate surface area is 184 Å². The van der Waals surface area contributed by atoms with E-state index in [1.54, 1.807) is 24.3 Å². The zero-order chi connectivity index (χ0) is 22.0. The van der Waals surface area contributed by atoms with Crippen LogP contribution in [-0.2, 0) is 14.4 Å². The van der Waals surface area contributed by atoms with Crippen molar-refractivity contribution in [3.05, 3.63) is 108 Å². The van der Waals surface area contributed by atoms with Crippen molar-refractivity contribution in [2.75, 3.05) is 4.90 Å². The lowest BCUT2D eigenvalue weighted by Gasteiger charge is -2.45. The summed E-state index contributed by atoms with van der Waals surface area (Å²) in [6.45, 7) is 3.40. The Morgan fingerprint density at radius 3 is 1.75 bits per heavy atom. The lowest BCUT2D eigenvalue weighted by atomic mass is 9.55. The van der Waals surface area contributed by atoms with Crippen LogP contribution in [0.2, 0.25) is 0 Å². The second-order valence-corrected chi connectivity index (χ2v) is 8.40. The number of hydrogen-bond acceptors (Lipinski definition) is 4. The van der Waals surface area contributed by atoms with Gasteiger partial charge in [0.05, 0.1) is 17.5 Å². The van der Waals surface area contributed by atoms with Gasteiger partial charge in [0.25, 0.3) is 0 Å². The molecule has 7 rings (SSSR count). The molecular weight excluding hydrogens is 402 g/mol. The van der Waals surface area contributed by atoms with Crippen molar-refractivity contribution in [2.45, 2.75) is 11.8 Å². The molecule has 0 N–H and O–H groups in total. The summed E-state index contributed by atoms with van der Waals surface area (Å²) in [6.07, 6.45) is 1.07. The minimum absolute atomic E-state index is 0.152. The second-order valence-electron chi connectivity index (χ2n) is 8.40. The van der Waals surface area contributed by atoms with Crippen molar-refractivity contribution in [1.82, 2.24) is 0 Å². The van der Waals surface area contributed by atoms with E-state index in [-0.39, 0.29) is 29.4 Å². The smallest absolute Gasteiger partial charge is 0.335 e. The molecule has 3 aliphatic carbocycles. The van der Waals surface area contributed by atoms with Crippen molar-refractivity contribution in [2.24, 2.45) is 11.8 Å². The molecule has 0 radical (unpaired) electrons. The molecule has 3 aromatic rings. The molecule has 0 spiro atoms. The van der Waals surface area contributed by atoms with Gasteiger partial charge in [0, 0.05) is 24.0 Å². The molecule has 0 aromatic heterocycles. The minimum Gasteiger partial charge on any atom is -0.423 e. The maximum atomic E-state index is 13.7. The molecule has 2 amide bonds. The molecule has 1 fully saturated rings. The van der Waals surface area contributed by atoms with Crippen LogP contribution in [0, 0.1) is 11.8 Å². The summed E-state index contributed by atoms with van der Waals surface area (Å²) in [5, 5.41) is 0. The first kappa shape index (κ1) is 18.8. The summed E-state index contributed by atoms with van der Waals surface area (Å²) in [4.78, 5) is 40.3. The first-order valence-electron chi connectivity index (χ1n) is 10.6. The van der Waals surface area contributed by atoms with Crippen LogP contribution in [0.1, 0.15) is 34.1 Å². The van der Waals surface area contributed by atoms with Gasteiger partial charge in [-0.25, -0.2) is 9.69 Å². The highest BCUT2D eigenvalue weighted by molar-refractivity contribution is 6.23. The van der Waals surface area contributed by atoms with Crippen LogP contribution in [0.15, 0.2) is 85.5 Å². The van der Waals surface area contributed by atoms with Gasteiger partial charge in [-0.2, -0.15) is 0 Å². The Hall–Kier alpha value is -3.99. The fourth-order valence-electron chi connectivity index (χ4n) is 5.78. The third kappa shape index (κ3) is 2.42. The number of esters is 1. The van der Waals surface area contributed by atoms with Gasteiger partial charge in [-0.05, 0) is 34.4 Å². The number of carbonyl (C=O) groups excluding carboxylic acids is 3. The summed E-state index contributed by atoms with van der Waals surface area (Å²) in [5.74, 6) is -1.94. The monoisotopic (exact) mass is 421 g/mol. The number of hydrogen-bond donors (Lipinski definition) is 0. The molecule has 156 valence electrons. The Kier molecular flexibility index (Phi) is 3.96. The van der Waals surface area contributed by atoms with E-state index < -0.39 is 17.8 Å². The van der Waals surface area contributed by atoms with E-state index in [2.05, 4.69) is 30.8 Å². The maximum absolute atomic E-state index is 13.7. The maximum Gasteiger partial charge on any atom is 0.335 e. The fraction of sp³-hybridized carbons (Fsp3) is 0.148. The quantitative estimate of drug-likeness (QED) is 0.276. The van der Waals surface area contributed by atoms with Gasteiger partial charge in [-0.15, -0.1) is 0 Å². The van der Waals surface area contributed by atoms with Gasteiger partial charge in [0.2, 0.25) is 11.8 Å². The number of nitrogens with zero attached hydrogens (tertiary/aromatic N) is 1. The van der Waals surface area contributed by atoms with Crippen molar-refractivity contribution >= 4 is 23.5 Å². The molecule has 5 nitrogen and oxygen atoms in total. The standard InChI is InChI=1S/C27H19NO4/c1-2-21(29)32-16-9-7-8-15(14-16)28-26(30)24-22-17-10-3-4-11-18(17)23(25(24)27(28)31)20-13-6-5-12-19(20)22/h2-14,22-25H,1H2. The predicted octanol–water partition coefficient (Wildman–Crippen LogP) is 4.17. The highest BCUT2D eigenvalue weighted by Gasteiger charge is 2.61. The van der Waals surface area contributed by atoms with Gasteiger partial charge in [0.1, 0.15) is 5.75 Å². The number of rotatable bonds is 3. The van der Waals surface area contributed by atoms with Gasteiger partial charge >= 0.3 is 5.97 Å². The molecule has 2 bridgehead atoms. The van der Waals surface area contributed by atoms with Crippen LogP contribution in [-0.4, -0.2) is 17.8 Å². The summed E-state index contributed by atoms with van der Waals surface area (Å²) >= 11 is 0. The van der Waals surface area contributed by atoms with Crippen molar-refractivity contribution in [3.63, 3.8) is 0 Å². The Morgan fingerprint density at radius 1 is 0.781 bits per heavy atom. The topological polar surface area (TPSA) is 63.7 Å². The predicted molar refractivity (Wildman–Crippen MR) is 118 cm³/mol. The number of benzene rings is 3. The summed E-state index contributed by atoms with van der Waals surface area (Å²) in [5.41, 5.74) is 4.95. The van der Waals surface area contributed by atoms with E-state index in [0.29, 0.717) is 5.69 Å². The van der Waals surface area contributed by atoms with Crippen molar-refractivity contribution in [1.29, 1.82) is 0 Å². The van der Waals surface area contributed by atoms with E-state index in [0.717, 1.165) is 28.3 Å². The van der Waals surface area contributed by atoms with Crippen LogP contribution in [0.5, 0.6) is 5.75 Å². The molecule has 2 atom stereocenters. The van der Waals surface area contributed by atoms with Gasteiger partial charge in [-0.3, -0.25) is 9.59 Å². The molecule has 5 heteroatoms. The Bertz CT molecular complexity index is 1210. The van der Waals surface area contributed by atoms with E-state index in [4.69, 9.17) is 4.74 Å². The lowest BCUT2D eigenvalue weighted by molar-refractivity contribution is -0.129. The second kappa shape index (κ2) is 6.76. The summed E-state index contributed by atoms with van der Waals surface area (Å²) < 4.78 is 5.20. The highest BCUT2D eigenvalue weighted by atomic mass is 16.5. The van der Waals surface area contributed by atoms with Gasteiger partial charge in [-0.1, -0.05) is 61.2 Å². The average molecular weight is 421 g/mol. The van der Waals surface area contributed by atoms with Crippen molar-refractivity contribution < 1.29 is 19.1 Å². The van der Waals surface area contributed by atoms with Crippen LogP contribution in [0.3, 0.4) is 0 Å². The Morgan fingerprint density at radius 2 is 1.28 bits per heavy atom. The molecule has 3 aromatic carbocycles. The number of ether oxygens (including phenoxy) is 1. The third-order valence-corrected chi connectivity index (χ3v) is 6.91. The van der Waals surface area contributed by atoms with E-state index >= 15 is 0 Å². The molecule has 2 unspecified atom stereocenters. The molecule has 1 aliphatic heterocycles.